The van der Waals surface area contributed by atoms with Crippen LogP contribution in [0.5, 0.6) is 0 Å². The number of carboxylic acids is 1. The molecule has 0 saturated carbocycles. The van der Waals surface area contributed by atoms with E-state index in [0.717, 1.165) is 6.54 Å². The van der Waals surface area contributed by atoms with E-state index in [9.17, 15) is 14.7 Å². The lowest BCUT2D eigenvalue weighted by atomic mass is 10.2. The van der Waals surface area contributed by atoms with Gasteiger partial charge in [-0.05, 0) is 27.1 Å². The largest absolute Gasteiger partial charge is 0.478 e. The summed E-state index contributed by atoms with van der Waals surface area (Å²) >= 11 is 0. The summed E-state index contributed by atoms with van der Waals surface area (Å²) in [6, 6.07) is 1.43. The molecule has 0 spiro atoms. The number of nitrogens with one attached hydrogen (secondary N) is 1. The molecule has 0 bridgehead atoms. The number of likely N-dealkylation sites (N-methyl/N-ethyl adjacent to an activating group) is 2. The second-order valence-electron chi connectivity index (χ2n) is 4.96. The van der Waals surface area contributed by atoms with Crippen molar-refractivity contribution in [2.45, 2.75) is 13.8 Å². The van der Waals surface area contributed by atoms with Gasteiger partial charge in [-0.3, -0.25) is 4.79 Å². The number of hydrogen-bond acceptors (Lipinski definition) is 5. The van der Waals surface area contributed by atoms with E-state index in [-0.39, 0.29) is 11.5 Å². The van der Waals surface area contributed by atoms with E-state index in [1.807, 2.05) is 30.8 Å². The minimum absolute atomic E-state index is 0.0851. The van der Waals surface area contributed by atoms with Gasteiger partial charge in [-0.25, -0.2) is 9.78 Å². The highest BCUT2D eigenvalue weighted by molar-refractivity contribution is 5.96. The molecule has 0 atom stereocenters. The normalized spacial score (nSPS) is 10.5. The van der Waals surface area contributed by atoms with E-state index >= 15 is 0 Å². The van der Waals surface area contributed by atoms with Gasteiger partial charge in [0.15, 0.2) is 0 Å². The Labute approximate surface area is 124 Å². The van der Waals surface area contributed by atoms with Crippen molar-refractivity contribution in [3.05, 3.63) is 17.8 Å². The van der Waals surface area contributed by atoms with Gasteiger partial charge in [-0.1, -0.05) is 0 Å². The van der Waals surface area contributed by atoms with Gasteiger partial charge in [-0.15, -0.1) is 0 Å². The van der Waals surface area contributed by atoms with Crippen LogP contribution in [0.3, 0.4) is 0 Å². The van der Waals surface area contributed by atoms with Crippen LogP contribution in [-0.4, -0.2) is 60.6 Å². The molecule has 1 aromatic rings. The molecule has 0 fully saturated rings. The highest BCUT2D eigenvalue weighted by Gasteiger charge is 2.18. The summed E-state index contributed by atoms with van der Waals surface area (Å²) in [5.74, 6) is -0.908. The Kier molecular flexibility index (Phi) is 6.10. The summed E-state index contributed by atoms with van der Waals surface area (Å²) in [5.41, 5.74) is 0.467. The number of nitrogens with zero attached hydrogens (tertiary/aromatic N) is 3. The number of amides is 1. The molecule has 1 heterocycles. The zero-order chi connectivity index (χ0) is 16.0. The van der Waals surface area contributed by atoms with Crippen LogP contribution >= 0.6 is 0 Å². The first-order valence-corrected chi connectivity index (χ1v) is 6.75. The van der Waals surface area contributed by atoms with Crippen molar-refractivity contribution in [1.29, 1.82) is 0 Å². The van der Waals surface area contributed by atoms with Crippen LogP contribution < -0.4 is 10.2 Å². The second kappa shape index (κ2) is 7.58. The first-order valence-electron chi connectivity index (χ1n) is 6.75. The molecule has 1 aromatic heterocycles. The van der Waals surface area contributed by atoms with Crippen LogP contribution in [-0.2, 0) is 4.79 Å². The van der Waals surface area contributed by atoms with Crippen LogP contribution in [0, 0.1) is 0 Å². The van der Waals surface area contributed by atoms with Crippen molar-refractivity contribution in [2.75, 3.05) is 43.9 Å². The molecule has 7 nitrogen and oxygen atoms in total. The number of carbonyl (C=O) groups excluding carboxylic acids is 1. The second-order valence-corrected chi connectivity index (χ2v) is 4.96. The maximum Gasteiger partial charge on any atom is 0.339 e. The third-order valence-corrected chi connectivity index (χ3v) is 2.92. The lowest BCUT2D eigenvalue weighted by Crippen LogP contribution is -2.33. The first kappa shape index (κ1) is 16.9. The Morgan fingerprint density at radius 2 is 2.00 bits per heavy atom. The van der Waals surface area contributed by atoms with Crippen LogP contribution in [0.1, 0.15) is 24.2 Å². The van der Waals surface area contributed by atoms with Crippen LogP contribution in [0.4, 0.5) is 11.5 Å². The molecular formula is C14H22N4O3. The molecule has 2 N–H and O–H groups in total. The summed E-state index contributed by atoms with van der Waals surface area (Å²) in [7, 11) is 3.92. The minimum atomic E-state index is -1.06. The number of anilines is 2. The molecule has 116 valence electrons. The van der Waals surface area contributed by atoms with Crippen molar-refractivity contribution in [3.8, 4) is 0 Å². The molecule has 0 radical (unpaired) electrons. The van der Waals surface area contributed by atoms with Crippen LogP contribution in [0.2, 0.25) is 0 Å². The molecule has 0 saturated heterocycles. The molecule has 0 aliphatic rings. The van der Waals surface area contributed by atoms with Crippen molar-refractivity contribution in [2.24, 2.45) is 0 Å². The molecular weight excluding hydrogens is 272 g/mol. The topological polar surface area (TPSA) is 85.8 Å². The number of carboxylic acid groups (broad SMARTS) is 1. The highest BCUT2D eigenvalue weighted by Crippen LogP contribution is 2.21. The van der Waals surface area contributed by atoms with E-state index in [1.165, 1.54) is 19.2 Å². The Morgan fingerprint density at radius 1 is 1.33 bits per heavy atom. The van der Waals surface area contributed by atoms with Gasteiger partial charge in [0.25, 0.3) is 0 Å². The third kappa shape index (κ3) is 5.03. The third-order valence-electron chi connectivity index (χ3n) is 2.92. The van der Waals surface area contributed by atoms with E-state index in [0.29, 0.717) is 24.6 Å². The fourth-order valence-corrected chi connectivity index (χ4v) is 1.87. The van der Waals surface area contributed by atoms with E-state index < -0.39 is 5.97 Å². The molecule has 1 amide bonds. The number of aromatic nitrogens is 1. The lowest BCUT2D eigenvalue weighted by molar-refractivity contribution is -0.114. The Hall–Kier alpha value is -2.15. The summed E-state index contributed by atoms with van der Waals surface area (Å²) < 4.78 is 0. The Bertz CT molecular complexity index is 517. The predicted molar refractivity (Wildman–Crippen MR) is 81.9 cm³/mol. The predicted octanol–water partition coefficient (Wildman–Crippen LogP) is 1.13. The quantitative estimate of drug-likeness (QED) is 0.784. The fourth-order valence-electron chi connectivity index (χ4n) is 1.87. The fraction of sp³-hybridized carbons (Fsp3) is 0.500. The van der Waals surface area contributed by atoms with Crippen molar-refractivity contribution < 1.29 is 14.7 Å². The first-order chi connectivity index (χ1) is 9.85. The SMILES string of the molecule is CCN(CCN(C)C)c1ncc(NC(C)=O)cc1C(=O)O. The van der Waals surface area contributed by atoms with Gasteiger partial charge in [0.05, 0.1) is 11.9 Å². The van der Waals surface area contributed by atoms with Gasteiger partial charge < -0.3 is 20.2 Å². The molecule has 7 heteroatoms. The molecule has 0 aromatic carbocycles. The van der Waals surface area contributed by atoms with Crippen molar-refractivity contribution >= 4 is 23.4 Å². The number of rotatable bonds is 7. The maximum absolute atomic E-state index is 11.4. The highest BCUT2D eigenvalue weighted by atomic mass is 16.4. The molecule has 1 rings (SSSR count). The smallest absolute Gasteiger partial charge is 0.339 e. The summed E-state index contributed by atoms with van der Waals surface area (Å²) in [4.78, 5) is 30.6. The van der Waals surface area contributed by atoms with Gasteiger partial charge in [-0.2, -0.15) is 0 Å². The zero-order valence-corrected chi connectivity index (χ0v) is 12.9. The maximum atomic E-state index is 11.4. The summed E-state index contributed by atoms with van der Waals surface area (Å²) in [6.07, 6.45) is 1.47. The lowest BCUT2D eigenvalue weighted by Gasteiger charge is -2.25. The molecule has 0 aliphatic heterocycles. The van der Waals surface area contributed by atoms with Crippen LogP contribution in [0.25, 0.3) is 0 Å². The molecule has 0 aliphatic carbocycles. The van der Waals surface area contributed by atoms with Crippen LogP contribution in [0.15, 0.2) is 12.3 Å². The van der Waals surface area contributed by atoms with Gasteiger partial charge in [0, 0.05) is 26.6 Å². The van der Waals surface area contributed by atoms with Gasteiger partial charge >= 0.3 is 5.97 Å². The average molecular weight is 294 g/mol. The number of hydrogen-bond donors (Lipinski definition) is 2. The van der Waals surface area contributed by atoms with Crippen molar-refractivity contribution in [1.82, 2.24) is 9.88 Å². The van der Waals surface area contributed by atoms with Gasteiger partial charge in [0.1, 0.15) is 11.4 Å². The Balaban J connectivity index is 3.08. The number of carbonyl (C=O) groups is 2. The van der Waals surface area contributed by atoms with E-state index in [1.54, 1.807) is 0 Å². The summed E-state index contributed by atoms with van der Waals surface area (Å²) in [5, 5.41) is 11.9. The van der Waals surface area contributed by atoms with Gasteiger partial charge in [0.2, 0.25) is 5.91 Å². The van der Waals surface area contributed by atoms with E-state index in [4.69, 9.17) is 0 Å². The molecule has 0 unspecified atom stereocenters. The number of aromatic carboxylic acids is 1. The zero-order valence-electron chi connectivity index (χ0n) is 12.9. The number of pyridine rings is 1. The summed E-state index contributed by atoms with van der Waals surface area (Å²) in [6.45, 7) is 5.44. The average Bonchev–Trinajstić information content (AvgIpc) is 2.39. The monoisotopic (exact) mass is 294 g/mol. The van der Waals surface area contributed by atoms with E-state index in [2.05, 4.69) is 10.3 Å². The van der Waals surface area contributed by atoms with Crippen molar-refractivity contribution in [3.63, 3.8) is 0 Å². The standard InChI is InChI=1S/C14H22N4O3/c1-5-18(7-6-17(3)4)13-12(14(20)21)8-11(9-15-13)16-10(2)19/h8-9H,5-7H2,1-4H3,(H,16,19)(H,20,21). The Morgan fingerprint density at radius 3 is 2.48 bits per heavy atom. The molecule has 21 heavy (non-hydrogen) atoms. The minimum Gasteiger partial charge on any atom is -0.478 e.